The van der Waals surface area contributed by atoms with Crippen molar-refractivity contribution in [3.63, 3.8) is 0 Å². The second kappa shape index (κ2) is 9.01. The fourth-order valence-corrected chi connectivity index (χ4v) is 3.35. The summed E-state index contributed by atoms with van der Waals surface area (Å²) in [6.45, 7) is 3.11. The van der Waals surface area contributed by atoms with Crippen LogP contribution in [0.5, 0.6) is 5.75 Å². The molecule has 152 valence electrons. The highest BCUT2D eigenvalue weighted by molar-refractivity contribution is 7.92. The molecule has 0 spiro atoms. The molecule has 0 radical (unpaired) electrons. The van der Waals surface area contributed by atoms with Crippen molar-refractivity contribution in [1.29, 1.82) is 0 Å². The van der Waals surface area contributed by atoms with Crippen LogP contribution in [0, 0.1) is 18.6 Å². The zero-order valence-electron chi connectivity index (χ0n) is 15.8. The minimum Gasteiger partial charge on any atom is -0.491 e. The van der Waals surface area contributed by atoms with E-state index in [9.17, 15) is 22.0 Å². The Morgan fingerprint density at radius 2 is 1.89 bits per heavy atom. The molecule has 0 aromatic heterocycles. The molecule has 9 heteroatoms. The maximum Gasteiger partial charge on any atom is 0.241 e. The number of hydrogen-bond acceptors (Lipinski definition) is 4. The van der Waals surface area contributed by atoms with E-state index in [0.29, 0.717) is 16.1 Å². The van der Waals surface area contributed by atoms with Crippen LogP contribution in [0.15, 0.2) is 42.5 Å². The van der Waals surface area contributed by atoms with E-state index in [4.69, 9.17) is 4.74 Å². The van der Waals surface area contributed by atoms with Gasteiger partial charge in [-0.25, -0.2) is 17.2 Å². The molecule has 1 N–H and O–H groups in total. The summed E-state index contributed by atoms with van der Waals surface area (Å²) in [5.41, 5.74) is 0.541. The maximum atomic E-state index is 14.0. The molecule has 0 heterocycles. The lowest BCUT2D eigenvalue weighted by atomic mass is 10.2. The first-order valence-electron chi connectivity index (χ1n) is 8.48. The van der Waals surface area contributed by atoms with Gasteiger partial charge >= 0.3 is 0 Å². The number of hydrogen-bond donors (Lipinski definition) is 1. The summed E-state index contributed by atoms with van der Waals surface area (Å²) in [6, 6.07) is 9.42. The van der Waals surface area contributed by atoms with Gasteiger partial charge in [0.2, 0.25) is 15.9 Å². The van der Waals surface area contributed by atoms with E-state index in [1.807, 2.05) is 25.1 Å². The van der Waals surface area contributed by atoms with E-state index < -0.39 is 45.8 Å². The van der Waals surface area contributed by atoms with Gasteiger partial charge < -0.3 is 10.1 Å². The number of nitrogens with zero attached hydrogens (tertiary/aromatic N) is 1. The number of nitrogens with one attached hydrogen (secondary N) is 1. The Morgan fingerprint density at radius 3 is 2.50 bits per heavy atom. The fraction of sp³-hybridized carbons (Fsp3) is 0.316. The first-order valence-corrected chi connectivity index (χ1v) is 10.3. The van der Waals surface area contributed by atoms with Crippen LogP contribution in [0.4, 0.5) is 14.5 Å². The predicted molar refractivity (Wildman–Crippen MR) is 103 cm³/mol. The summed E-state index contributed by atoms with van der Waals surface area (Å²) in [5, 5.41) is 2.61. The van der Waals surface area contributed by atoms with E-state index in [0.717, 1.165) is 24.0 Å². The third kappa shape index (κ3) is 5.91. The fourth-order valence-electron chi connectivity index (χ4n) is 2.49. The molecule has 0 saturated heterocycles. The van der Waals surface area contributed by atoms with Gasteiger partial charge in [0.25, 0.3) is 0 Å². The molecule has 1 amide bonds. The highest BCUT2D eigenvalue weighted by atomic mass is 32.2. The van der Waals surface area contributed by atoms with Gasteiger partial charge in [0.15, 0.2) is 0 Å². The Hall–Kier alpha value is -2.68. The van der Waals surface area contributed by atoms with Gasteiger partial charge in [-0.1, -0.05) is 18.2 Å². The van der Waals surface area contributed by atoms with Crippen LogP contribution in [0.25, 0.3) is 0 Å². The van der Waals surface area contributed by atoms with Crippen molar-refractivity contribution in [1.82, 2.24) is 5.32 Å². The highest BCUT2D eigenvalue weighted by Crippen LogP contribution is 2.22. The first-order chi connectivity index (χ1) is 13.1. The predicted octanol–water partition coefficient (Wildman–Crippen LogP) is 2.62. The molecule has 1 atom stereocenters. The molecule has 0 aliphatic rings. The summed E-state index contributed by atoms with van der Waals surface area (Å²) in [6.07, 6.45) is 0.841. The molecule has 0 fully saturated rings. The Labute approximate surface area is 163 Å². The van der Waals surface area contributed by atoms with Crippen LogP contribution in [0.2, 0.25) is 0 Å². The van der Waals surface area contributed by atoms with E-state index in [-0.39, 0.29) is 6.61 Å². The molecule has 2 rings (SSSR count). The maximum absolute atomic E-state index is 14.0. The van der Waals surface area contributed by atoms with Gasteiger partial charge in [-0.3, -0.25) is 9.10 Å². The van der Waals surface area contributed by atoms with Crippen LogP contribution in [0.3, 0.4) is 0 Å². The number of anilines is 1. The third-order valence-electron chi connectivity index (χ3n) is 3.86. The number of benzene rings is 2. The van der Waals surface area contributed by atoms with Crippen molar-refractivity contribution in [2.75, 3.05) is 23.7 Å². The number of aryl methyl sites for hydroxylation is 1. The van der Waals surface area contributed by atoms with Gasteiger partial charge in [-0.2, -0.15) is 0 Å². The molecule has 28 heavy (non-hydrogen) atoms. The largest absolute Gasteiger partial charge is 0.491 e. The topological polar surface area (TPSA) is 75.7 Å². The van der Waals surface area contributed by atoms with Gasteiger partial charge in [-0.15, -0.1) is 0 Å². The molecular formula is C19H22F2N2O4S. The lowest BCUT2D eigenvalue weighted by molar-refractivity contribution is -0.120. The van der Waals surface area contributed by atoms with Gasteiger partial charge in [0.1, 0.15) is 30.5 Å². The number of rotatable bonds is 8. The van der Waals surface area contributed by atoms with Crippen molar-refractivity contribution >= 4 is 21.6 Å². The van der Waals surface area contributed by atoms with E-state index in [1.165, 1.54) is 0 Å². The minimum atomic E-state index is -3.97. The molecule has 6 nitrogen and oxygen atoms in total. The number of amides is 1. The number of para-hydroxylation sites is 1. The van der Waals surface area contributed by atoms with Gasteiger partial charge in [-0.05, 0) is 37.6 Å². The first kappa shape index (κ1) is 21.6. The zero-order chi connectivity index (χ0) is 20.9. The SMILES string of the molecule is Cc1ccccc1OC[C@@H](C)NC(=O)CN(c1ccc(F)cc1F)S(C)(=O)=O. The molecule has 2 aromatic carbocycles. The van der Waals surface area contributed by atoms with E-state index in [2.05, 4.69) is 5.32 Å². The number of halogens is 2. The molecule has 0 aliphatic heterocycles. The molecular weight excluding hydrogens is 390 g/mol. The third-order valence-corrected chi connectivity index (χ3v) is 4.98. The van der Waals surface area contributed by atoms with Crippen LogP contribution in [-0.4, -0.2) is 39.8 Å². The van der Waals surface area contributed by atoms with Crippen molar-refractivity contribution < 1.29 is 26.7 Å². The second-order valence-corrected chi connectivity index (χ2v) is 8.32. The summed E-state index contributed by atoms with van der Waals surface area (Å²) in [4.78, 5) is 12.3. The number of ether oxygens (including phenoxy) is 1. The smallest absolute Gasteiger partial charge is 0.241 e. The van der Waals surface area contributed by atoms with Crippen molar-refractivity contribution in [3.05, 3.63) is 59.7 Å². The van der Waals surface area contributed by atoms with Gasteiger partial charge in [0.05, 0.1) is 18.0 Å². The molecule has 0 aliphatic carbocycles. The minimum absolute atomic E-state index is 0.167. The Balaban J connectivity index is 2.02. The average Bonchev–Trinajstić information content (AvgIpc) is 2.58. The molecule has 0 bridgehead atoms. The summed E-state index contributed by atoms with van der Waals surface area (Å²) in [5.74, 6) is -1.89. The monoisotopic (exact) mass is 412 g/mol. The standard InChI is InChI=1S/C19H22F2N2O4S/c1-13-6-4-5-7-18(13)27-12-14(2)22-19(24)11-23(28(3,25)26)17-9-8-15(20)10-16(17)21/h4-10,14H,11-12H2,1-3H3,(H,22,24)/t14-/m1/s1. The van der Waals surface area contributed by atoms with E-state index >= 15 is 0 Å². The van der Waals surface area contributed by atoms with Crippen LogP contribution < -0.4 is 14.4 Å². The summed E-state index contributed by atoms with van der Waals surface area (Å²) in [7, 11) is -3.97. The average molecular weight is 412 g/mol. The number of carbonyl (C=O) groups excluding carboxylic acids is 1. The Morgan fingerprint density at radius 1 is 1.21 bits per heavy atom. The summed E-state index contributed by atoms with van der Waals surface area (Å²) >= 11 is 0. The molecule has 0 unspecified atom stereocenters. The normalized spacial score (nSPS) is 12.3. The Bertz CT molecular complexity index is 951. The van der Waals surface area contributed by atoms with Crippen molar-refractivity contribution in [2.45, 2.75) is 19.9 Å². The van der Waals surface area contributed by atoms with Crippen molar-refractivity contribution in [3.8, 4) is 5.75 Å². The molecule has 0 saturated carbocycles. The lowest BCUT2D eigenvalue weighted by Gasteiger charge is -2.23. The lowest BCUT2D eigenvalue weighted by Crippen LogP contribution is -2.45. The zero-order valence-corrected chi connectivity index (χ0v) is 16.6. The number of carbonyl (C=O) groups is 1. The van der Waals surface area contributed by atoms with Crippen molar-refractivity contribution in [2.24, 2.45) is 0 Å². The van der Waals surface area contributed by atoms with Crippen LogP contribution in [0.1, 0.15) is 12.5 Å². The van der Waals surface area contributed by atoms with Crippen LogP contribution >= 0.6 is 0 Å². The number of sulfonamides is 1. The second-order valence-electron chi connectivity index (χ2n) is 6.41. The van der Waals surface area contributed by atoms with Gasteiger partial charge in [0, 0.05) is 6.07 Å². The quantitative estimate of drug-likeness (QED) is 0.723. The molecule has 2 aromatic rings. The van der Waals surface area contributed by atoms with Crippen LogP contribution in [-0.2, 0) is 14.8 Å². The van der Waals surface area contributed by atoms with E-state index in [1.54, 1.807) is 13.0 Å². The Kier molecular flexibility index (Phi) is 6.95. The summed E-state index contributed by atoms with van der Waals surface area (Å²) < 4.78 is 57.3. The highest BCUT2D eigenvalue weighted by Gasteiger charge is 2.24.